The van der Waals surface area contributed by atoms with Crippen LogP contribution in [0.25, 0.3) is 0 Å². The lowest BCUT2D eigenvalue weighted by Crippen LogP contribution is -2.45. The van der Waals surface area contributed by atoms with Crippen LogP contribution in [0.1, 0.15) is 52.4 Å². The molecule has 1 amide bonds. The molecule has 0 aromatic rings. The number of hydrogen-bond donors (Lipinski definition) is 1. The summed E-state index contributed by atoms with van der Waals surface area (Å²) in [5.41, 5.74) is 0. The highest BCUT2D eigenvalue weighted by molar-refractivity contribution is 7.99. The summed E-state index contributed by atoms with van der Waals surface area (Å²) >= 11 is 1.83. The molecule has 106 valence electrons. The molecule has 18 heavy (non-hydrogen) atoms. The highest BCUT2D eigenvalue weighted by atomic mass is 32.2. The molecule has 3 nitrogen and oxygen atoms in total. The first-order valence-corrected chi connectivity index (χ1v) is 8.55. The van der Waals surface area contributed by atoms with Gasteiger partial charge in [0.1, 0.15) is 0 Å². The predicted molar refractivity (Wildman–Crippen MR) is 79.9 cm³/mol. The Hall–Kier alpha value is -0.220. The van der Waals surface area contributed by atoms with Crippen molar-refractivity contribution in [3.05, 3.63) is 0 Å². The third kappa shape index (κ3) is 5.61. The Morgan fingerprint density at radius 1 is 1.17 bits per heavy atom. The van der Waals surface area contributed by atoms with E-state index in [1.807, 2.05) is 11.8 Å². The fourth-order valence-corrected chi connectivity index (χ4v) is 3.14. The van der Waals surface area contributed by atoms with Gasteiger partial charge in [0.05, 0.1) is 6.04 Å². The van der Waals surface area contributed by atoms with Crippen molar-refractivity contribution in [2.24, 2.45) is 0 Å². The molecule has 1 saturated heterocycles. The molecule has 0 aromatic carbocycles. The van der Waals surface area contributed by atoms with Gasteiger partial charge >= 0.3 is 0 Å². The van der Waals surface area contributed by atoms with E-state index in [4.69, 9.17) is 0 Å². The highest BCUT2D eigenvalue weighted by Crippen LogP contribution is 2.13. The second-order valence-corrected chi connectivity index (χ2v) is 6.04. The molecule has 0 spiro atoms. The first-order chi connectivity index (χ1) is 8.79. The molecule has 0 radical (unpaired) electrons. The summed E-state index contributed by atoms with van der Waals surface area (Å²) in [7, 11) is 0. The maximum Gasteiger partial charge on any atom is 0.240 e. The Labute approximate surface area is 116 Å². The Morgan fingerprint density at radius 3 is 2.22 bits per heavy atom. The zero-order valence-corrected chi connectivity index (χ0v) is 12.7. The van der Waals surface area contributed by atoms with Crippen LogP contribution >= 0.6 is 11.8 Å². The van der Waals surface area contributed by atoms with Crippen LogP contribution < -0.4 is 5.32 Å². The van der Waals surface area contributed by atoms with E-state index < -0.39 is 0 Å². The fourth-order valence-electron chi connectivity index (χ4n) is 2.21. The SMILES string of the molecule is CCCCCN(CCCCC)C(=O)C1CSCN1. The van der Waals surface area contributed by atoms with Crippen LogP contribution in [0.15, 0.2) is 0 Å². The van der Waals surface area contributed by atoms with Crippen LogP contribution in [0, 0.1) is 0 Å². The minimum atomic E-state index is 0.0678. The van der Waals surface area contributed by atoms with Crippen LogP contribution in [-0.4, -0.2) is 41.6 Å². The molecule has 1 N–H and O–H groups in total. The van der Waals surface area contributed by atoms with E-state index >= 15 is 0 Å². The smallest absolute Gasteiger partial charge is 0.240 e. The van der Waals surface area contributed by atoms with Gasteiger partial charge in [-0.05, 0) is 12.8 Å². The molecule has 1 atom stereocenters. The summed E-state index contributed by atoms with van der Waals surface area (Å²) in [4.78, 5) is 14.5. The van der Waals surface area contributed by atoms with Crippen LogP contribution in [-0.2, 0) is 4.79 Å². The lowest BCUT2D eigenvalue weighted by molar-refractivity contribution is -0.132. The Kier molecular flexibility index (Phi) is 8.51. The monoisotopic (exact) mass is 272 g/mol. The van der Waals surface area contributed by atoms with E-state index in [1.54, 1.807) is 0 Å². The standard InChI is InChI=1S/C14H28N2OS/c1-3-5-7-9-16(10-8-6-4-2)14(17)13-11-18-12-15-13/h13,15H,3-12H2,1-2H3. The van der Waals surface area contributed by atoms with Crippen molar-refractivity contribution >= 4 is 17.7 Å². The summed E-state index contributed by atoms with van der Waals surface area (Å²) in [6.45, 7) is 6.30. The molecule has 4 heteroatoms. The Balaban J connectivity index is 2.38. The molecule has 0 aliphatic carbocycles. The molecule has 0 saturated carbocycles. The van der Waals surface area contributed by atoms with Crippen molar-refractivity contribution in [2.45, 2.75) is 58.4 Å². The summed E-state index contributed by atoms with van der Waals surface area (Å²) in [5, 5.41) is 3.29. The number of carbonyl (C=O) groups is 1. The van der Waals surface area contributed by atoms with Crippen LogP contribution in [0.3, 0.4) is 0 Å². The summed E-state index contributed by atoms with van der Waals surface area (Å²) in [5.74, 6) is 2.19. The second-order valence-electron chi connectivity index (χ2n) is 5.01. The lowest BCUT2D eigenvalue weighted by Gasteiger charge is -2.25. The van der Waals surface area contributed by atoms with Gasteiger partial charge in [-0.15, -0.1) is 11.8 Å². The van der Waals surface area contributed by atoms with Gasteiger partial charge in [0.25, 0.3) is 0 Å². The number of unbranched alkanes of at least 4 members (excludes halogenated alkanes) is 4. The maximum atomic E-state index is 12.4. The number of carbonyl (C=O) groups excluding carboxylic acids is 1. The van der Waals surface area contributed by atoms with Crippen molar-refractivity contribution in [1.29, 1.82) is 0 Å². The normalized spacial score (nSPS) is 19.1. The molecule has 0 bridgehead atoms. The predicted octanol–water partition coefficient (Wildman–Crippen LogP) is 2.86. The second kappa shape index (κ2) is 9.68. The average Bonchev–Trinajstić information content (AvgIpc) is 2.90. The molecule has 1 aliphatic heterocycles. The van der Waals surface area contributed by atoms with E-state index in [0.29, 0.717) is 5.91 Å². The van der Waals surface area contributed by atoms with Crippen molar-refractivity contribution in [3.63, 3.8) is 0 Å². The van der Waals surface area contributed by atoms with Gasteiger partial charge in [0.2, 0.25) is 5.91 Å². The van der Waals surface area contributed by atoms with Gasteiger partial charge in [0.15, 0.2) is 0 Å². The third-order valence-electron chi connectivity index (χ3n) is 3.39. The topological polar surface area (TPSA) is 32.3 Å². The largest absolute Gasteiger partial charge is 0.341 e. The van der Waals surface area contributed by atoms with Crippen LogP contribution in [0.2, 0.25) is 0 Å². The van der Waals surface area contributed by atoms with Gasteiger partial charge in [0, 0.05) is 24.7 Å². The van der Waals surface area contributed by atoms with Gasteiger partial charge in [-0.3, -0.25) is 10.1 Å². The minimum absolute atomic E-state index is 0.0678. The number of nitrogens with one attached hydrogen (secondary N) is 1. The molecular weight excluding hydrogens is 244 g/mol. The first kappa shape index (κ1) is 15.8. The van der Waals surface area contributed by atoms with Gasteiger partial charge in [-0.25, -0.2) is 0 Å². The first-order valence-electron chi connectivity index (χ1n) is 7.39. The fraction of sp³-hybridized carbons (Fsp3) is 0.929. The molecule has 1 unspecified atom stereocenters. The van der Waals surface area contributed by atoms with Crippen LogP contribution in [0.4, 0.5) is 0 Å². The quantitative estimate of drug-likeness (QED) is 0.655. The van der Waals surface area contributed by atoms with Crippen molar-refractivity contribution in [3.8, 4) is 0 Å². The highest BCUT2D eigenvalue weighted by Gasteiger charge is 2.26. The van der Waals surface area contributed by atoms with Crippen LogP contribution in [0.5, 0.6) is 0 Å². The molecule has 1 rings (SSSR count). The van der Waals surface area contributed by atoms with Gasteiger partial charge in [-0.1, -0.05) is 39.5 Å². The van der Waals surface area contributed by atoms with Crippen molar-refractivity contribution < 1.29 is 4.79 Å². The molecule has 1 aliphatic rings. The molecular formula is C14H28N2OS. The zero-order valence-electron chi connectivity index (χ0n) is 11.9. The van der Waals surface area contributed by atoms with E-state index in [0.717, 1.165) is 37.6 Å². The van der Waals surface area contributed by atoms with Gasteiger partial charge < -0.3 is 4.90 Å². The number of rotatable bonds is 9. The maximum absolute atomic E-state index is 12.4. The summed E-state index contributed by atoms with van der Waals surface area (Å²) in [6, 6.07) is 0.0678. The number of amides is 1. The summed E-state index contributed by atoms with van der Waals surface area (Å²) in [6.07, 6.45) is 7.18. The average molecular weight is 272 g/mol. The van der Waals surface area contributed by atoms with Crippen molar-refractivity contribution in [1.82, 2.24) is 10.2 Å². The van der Waals surface area contributed by atoms with E-state index in [1.165, 1.54) is 25.7 Å². The Morgan fingerprint density at radius 2 is 1.78 bits per heavy atom. The number of thioether (sulfide) groups is 1. The zero-order chi connectivity index (χ0) is 13.2. The van der Waals surface area contributed by atoms with E-state index in [2.05, 4.69) is 24.1 Å². The lowest BCUT2D eigenvalue weighted by atomic mass is 10.2. The number of nitrogens with zero attached hydrogens (tertiary/aromatic N) is 1. The number of hydrogen-bond acceptors (Lipinski definition) is 3. The molecule has 0 aromatic heterocycles. The van der Waals surface area contributed by atoms with Crippen molar-refractivity contribution in [2.75, 3.05) is 24.7 Å². The molecule has 1 fully saturated rings. The minimum Gasteiger partial charge on any atom is -0.341 e. The van der Waals surface area contributed by atoms with E-state index in [-0.39, 0.29) is 6.04 Å². The van der Waals surface area contributed by atoms with E-state index in [9.17, 15) is 4.79 Å². The third-order valence-corrected chi connectivity index (χ3v) is 4.33. The Bertz CT molecular complexity index is 220. The molecule has 1 heterocycles. The summed E-state index contributed by atoms with van der Waals surface area (Å²) < 4.78 is 0. The van der Waals surface area contributed by atoms with Gasteiger partial charge in [-0.2, -0.15) is 0 Å².